The highest BCUT2D eigenvalue weighted by atomic mass is 35.5. The molecule has 3 nitrogen and oxygen atoms in total. The summed E-state index contributed by atoms with van der Waals surface area (Å²) in [5.41, 5.74) is 6.36. The molecule has 0 aliphatic heterocycles. The molecule has 1 aromatic carbocycles. The molecule has 0 aliphatic carbocycles. The van der Waals surface area contributed by atoms with Crippen molar-refractivity contribution < 1.29 is 9.90 Å². The van der Waals surface area contributed by atoms with Gasteiger partial charge in [-0.2, -0.15) is 0 Å². The van der Waals surface area contributed by atoms with Crippen LogP contribution in [0.25, 0.3) is 0 Å². The Balaban J connectivity index is 2.82. The van der Waals surface area contributed by atoms with Crippen LogP contribution in [0.4, 0.5) is 0 Å². The maximum atomic E-state index is 10.9. The predicted octanol–water partition coefficient (Wildman–Crippen LogP) is 1.50. The molecule has 0 bridgehead atoms. The first-order valence-corrected chi connectivity index (χ1v) is 4.62. The predicted molar refractivity (Wildman–Crippen MR) is 55.5 cm³/mol. The zero-order valence-electron chi connectivity index (χ0n) is 7.83. The summed E-state index contributed by atoms with van der Waals surface area (Å²) in [4.78, 5) is 10.9. The van der Waals surface area contributed by atoms with E-state index in [-0.39, 0.29) is 11.5 Å². The fraction of sp³-hybridized carbons (Fsp3) is 0.300. The summed E-state index contributed by atoms with van der Waals surface area (Å²) in [7, 11) is 0. The molecule has 0 aliphatic rings. The Morgan fingerprint density at radius 1 is 1.64 bits per heavy atom. The van der Waals surface area contributed by atoms with Gasteiger partial charge in [-0.15, -0.1) is 0 Å². The monoisotopic (exact) mass is 213 g/mol. The lowest BCUT2D eigenvalue weighted by atomic mass is 10.0. The number of carbonyl (C=O) groups is 1. The van der Waals surface area contributed by atoms with Gasteiger partial charge in [-0.05, 0) is 31.0 Å². The highest BCUT2D eigenvalue weighted by Gasteiger charge is 2.11. The average molecular weight is 214 g/mol. The number of hydrogen-bond donors (Lipinski definition) is 2. The summed E-state index contributed by atoms with van der Waals surface area (Å²) in [6.07, 6.45) is 0.397. The molecule has 0 fully saturated rings. The van der Waals surface area contributed by atoms with Gasteiger partial charge in [-0.1, -0.05) is 17.7 Å². The summed E-state index contributed by atoms with van der Waals surface area (Å²) in [5.74, 6) is 0.0317. The van der Waals surface area contributed by atoms with Crippen molar-refractivity contribution in [2.45, 2.75) is 19.4 Å². The minimum Gasteiger partial charge on any atom is -0.508 e. The molecule has 0 unspecified atom stereocenters. The number of Topliss-reactive ketones (excluding diaryl/α,β-unsaturated/α-hetero) is 1. The molecule has 76 valence electrons. The summed E-state index contributed by atoms with van der Waals surface area (Å²) in [5, 5.41) is 9.53. The van der Waals surface area contributed by atoms with Crippen molar-refractivity contribution in [1.29, 1.82) is 0 Å². The van der Waals surface area contributed by atoms with Crippen LogP contribution in [0.2, 0.25) is 5.02 Å². The lowest BCUT2D eigenvalue weighted by molar-refractivity contribution is -0.118. The molecule has 0 heterocycles. The number of phenols is 1. The number of benzene rings is 1. The Labute approximate surface area is 87.5 Å². The van der Waals surface area contributed by atoms with E-state index in [1.165, 1.54) is 19.1 Å². The topological polar surface area (TPSA) is 63.3 Å². The highest BCUT2D eigenvalue weighted by Crippen LogP contribution is 2.22. The fourth-order valence-corrected chi connectivity index (χ4v) is 1.33. The molecule has 0 aromatic heterocycles. The molecule has 0 amide bonds. The fourth-order valence-electron chi connectivity index (χ4n) is 1.08. The smallest absolute Gasteiger partial charge is 0.146 e. The van der Waals surface area contributed by atoms with E-state index < -0.39 is 6.04 Å². The van der Waals surface area contributed by atoms with Crippen LogP contribution >= 0.6 is 11.6 Å². The number of halogens is 1. The van der Waals surface area contributed by atoms with E-state index in [0.717, 1.165) is 5.56 Å². The van der Waals surface area contributed by atoms with Crippen LogP contribution in [0.15, 0.2) is 18.2 Å². The van der Waals surface area contributed by atoms with Crippen molar-refractivity contribution in [1.82, 2.24) is 0 Å². The Morgan fingerprint density at radius 2 is 2.29 bits per heavy atom. The van der Waals surface area contributed by atoms with Gasteiger partial charge < -0.3 is 10.8 Å². The minimum atomic E-state index is -0.531. The third kappa shape index (κ3) is 2.72. The molecule has 0 saturated heterocycles. The lowest BCUT2D eigenvalue weighted by Gasteiger charge is -2.09. The number of aromatic hydroxyl groups is 1. The number of nitrogens with two attached hydrogens (primary N) is 1. The Bertz CT molecular complexity index is 352. The van der Waals surface area contributed by atoms with Crippen LogP contribution < -0.4 is 5.73 Å². The largest absolute Gasteiger partial charge is 0.508 e. The van der Waals surface area contributed by atoms with Crippen LogP contribution in [0.3, 0.4) is 0 Å². The molecule has 3 N–H and O–H groups in total. The zero-order chi connectivity index (χ0) is 10.7. The van der Waals surface area contributed by atoms with Crippen LogP contribution in [-0.2, 0) is 11.2 Å². The lowest BCUT2D eigenvalue weighted by Crippen LogP contribution is -2.30. The molecule has 0 radical (unpaired) electrons. The van der Waals surface area contributed by atoms with E-state index in [1.54, 1.807) is 6.07 Å². The quantitative estimate of drug-likeness (QED) is 0.800. The number of carbonyl (C=O) groups excluding carboxylic acids is 1. The SMILES string of the molecule is CC(=O)[C@@H](N)Cc1ccc(O)cc1Cl. The zero-order valence-corrected chi connectivity index (χ0v) is 8.58. The van der Waals surface area contributed by atoms with Gasteiger partial charge in [0.05, 0.1) is 6.04 Å². The first-order chi connectivity index (χ1) is 6.50. The Hall–Kier alpha value is -1.06. The van der Waals surface area contributed by atoms with Crippen molar-refractivity contribution >= 4 is 17.4 Å². The van der Waals surface area contributed by atoms with Crippen molar-refractivity contribution in [2.24, 2.45) is 5.73 Å². The van der Waals surface area contributed by atoms with Gasteiger partial charge >= 0.3 is 0 Å². The average Bonchev–Trinajstić information content (AvgIpc) is 2.09. The maximum Gasteiger partial charge on any atom is 0.146 e. The minimum absolute atomic E-state index is 0.0749. The number of ketones is 1. The van der Waals surface area contributed by atoms with Crippen LogP contribution in [-0.4, -0.2) is 16.9 Å². The molecule has 1 rings (SSSR count). The van der Waals surface area contributed by atoms with E-state index in [2.05, 4.69) is 0 Å². The van der Waals surface area contributed by atoms with E-state index in [4.69, 9.17) is 22.4 Å². The first-order valence-electron chi connectivity index (χ1n) is 4.24. The van der Waals surface area contributed by atoms with Crippen molar-refractivity contribution in [3.05, 3.63) is 28.8 Å². The number of phenolic OH excluding ortho intramolecular Hbond substituents is 1. The van der Waals surface area contributed by atoms with Gasteiger partial charge in [-0.25, -0.2) is 0 Å². The van der Waals surface area contributed by atoms with Crippen molar-refractivity contribution in [3.8, 4) is 5.75 Å². The summed E-state index contributed by atoms with van der Waals surface area (Å²) in [6, 6.07) is 4.09. The van der Waals surface area contributed by atoms with E-state index >= 15 is 0 Å². The highest BCUT2D eigenvalue weighted by molar-refractivity contribution is 6.31. The Morgan fingerprint density at radius 3 is 2.79 bits per heavy atom. The summed E-state index contributed by atoms with van der Waals surface area (Å²) >= 11 is 5.85. The van der Waals surface area contributed by atoms with Crippen LogP contribution in [0.5, 0.6) is 5.75 Å². The third-order valence-corrected chi connectivity index (χ3v) is 2.35. The molecule has 14 heavy (non-hydrogen) atoms. The standard InChI is InChI=1S/C10H12ClNO2/c1-6(13)10(12)4-7-2-3-8(14)5-9(7)11/h2-3,5,10,14H,4,12H2,1H3/t10-/m0/s1. The summed E-state index contributed by atoms with van der Waals surface area (Å²) < 4.78 is 0. The molecule has 0 spiro atoms. The van der Waals surface area contributed by atoms with Gasteiger partial charge in [0, 0.05) is 5.02 Å². The van der Waals surface area contributed by atoms with E-state index in [1.807, 2.05) is 0 Å². The van der Waals surface area contributed by atoms with Gasteiger partial charge in [0.25, 0.3) is 0 Å². The Kier molecular flexibility index (Phi) is 3.49. The molecule has 4 heteroatoms. The van der Waals surface area contributed by atoms with Crippen molar-refractivity contribution in [2.75, 3.05) is 0 Å². The first kappa shape index (κ1) is 11.0. The van der Waals surface area contributed by atoms with Crippen LogP contribution in [0, 0.1) is 0 Å². The molecular formula is C10H12ClNO2. The molecule has 0 saturated carbocycles. The molecule has 1 aromatic rings. The van der Waals surface area contributed by atoms with Gasteiger partial charge in [0.2, 0.25) is 0 Å². The van der Waals surface area contributed by atoms with Crippen LogP contribution in [0.1, 0.15) is 12.5 Å². The van der Waals surface area contributed by atoms with E-state index in [9.17, 15) is 4.79 Å². The maximum absolute atomic E-state index is 10.9. The molecule has 1 atom stereocenters. The third-order valence-electron chi connectivity index (χ3n) is 2.00. The van der Waals surface area contributed by atoms with Gasteiger partial charge in [0.15, 0.2) is 0 Å². The van der Waals surface area contributed by atoms with Gasteiger partial charge in [0.1, 0.15) is 11.5 Å². The number of rotatable bonds is 3. The van der Waals surface area contributed by atoms with Crippen molar-refractivity contribution in [3.63, 3.8) is 0 Å². The van der Waals surface area contributed by atoms with Gasteiger partial charge in [-0.3, -0.25) is 4.79 Å². The van der Waals surface area contributed by atoms with E-state index in [0.29, 0.717) is 11.4 Å². The second-order valence-corrected chi connectivity index (χ2v) is 3.60. The normalized spacial score (nSPS) is 12.5. The second-order valence-electron chi connectivity index (χ2n) is 3.20. The second kappa shape index (κ2) is 4.44. The summed E-state index contributed by atoms with van der Waals surface area (Å²) in [6.45, 7) is 1.44. The molecular weight excluding hydrogens is 202 g/mol. The number of hydrogen-bond acceptors (Lipinski definition) is 3.